The molecule has 1 aliphatic carbocycles. The predicted octanol–water partition coefficient (Wildman–Crippen LogP) is 2.65. The minimum Gasteiger partial charge on any atom is -0.497 e. The fourth-order valence-electron chi connectivity index (χ4n) is 5.56. The highest BCUT2D eigenvalue weighted by Crippen LogP contribution is 2.52. The van der Waals surface area contributed by atoms with Crippen molar-refractivity contribution < 1.29 is 14.2 Å². The van der Waals surface area contributed by atoms with E-state index in [2.05, 4.69) is 48.4 Å². The number of fused-ring (bicyclic) bond motifs is 1. The van der Waals surface area contributed by atoms with Crippen molar-refractivity contribution in [3.05, 3.63) is 23.8 Å². The maximum absolute atomic E-state index is 5.95. The fourth-order valence-corrected chi connectivity index (χ4v) is 5.56. The number of likely N-dealkylation sites (tertiary alicyclic amines) is 1. The number of hydrogen-bond donors (Lipinski definition) is 2. The van der Waals surface area contributed by atoms with E-state index in [1.54, 1.807) is 14.2 Å². The number of benzene rings is 1. The standard InChI is InChI=1S/C24H38N4O3/c1-6-25-23(27-21-20-8-10-31-22(20)24(21,2)3)26-17-7-9-28(15-17)14-16-11-18(29-4)13-19(12-16)30-5/h11-13,17,20-22H,6-10,14-15H2,1-5H3,(H2,25,26,27). The Bertz CT molecular complexity index is 775. The Balaban J connectivity index is 1.34. The quantitative estimate of drug-likeness (QED) is 0.512. The van der Waals surface area contributed by atoms with Gasteiger partial charge in [-0.2, -0.15) is 0 Å². The molecule has 2 heterocycles. The van der Waals surface area contributed by atoms with E-state index >= 15 is 0 Å². The highest BCUT2D eigenvalue weighted by atomic mass is 16.5. The number of rotatable bonds is 7. The molecule has 4 rings (SSSR count). The molecule has 0 spiro atoms. The summed E-state index contributed by atoms with van der Waals surface area (Å²) in [7, 11) is 3.39. The number of methoxy groups -OCH3 is 2. The lowest BCUT2D eigenvalue weighted by atomic mass is 9.57. The molecule has 1 aromatic rings. The van der Waals surface area contributed by atoms with Gasteiger partial charge in [0.1, 0.15) is 11.5 Å². The summed E-state index contributed by atoms with van der Waals surface area (Å²) in [5.74, 6) is 3.21. The Morgan fingerprint density at radius 2 is 1.90 bits per heavy atom. The zero-order valence-corrected chi connectivity index (χ0v) is 19.6. The molecule has 4 atom stereocenters. The van der Waals surface area contributed by atoms with Gasteiger partial charge in [-0.3, -0.25) is 9.89 Å². The molecule has 172 valence electrons. The molecule has 2 saturated heterocycles. The van der Waals surface area contributed by atoms with Crippen molar-refractivity contribution in [2.45, 2.75) is 58.3 Å². The Morgan fingerprint density at radius 3 is 2.58 bits per heavy atom. The Labute approximate surface area is 186 Å². The molecule has 2 N–H and O–H groups in total. The zero-order valence-electron chi connectivity index (χ0n) is 19.6. The molecule has 1 saturated carbocycles. The first-order valence-corrected chi connectivity index (χ1v) is 11.6. The molecule has 1 aromatic carbocycles. The van der Waals surface area contributed by atoms with Crippen LogP contribution in [0.3, 0.4) is 0 Å². The average molecular weight is 431 g/mol. The first kappa shape index (κ1) is 22.2. The molecule has 3 aliphatic rings. The van der Waals surface area contributed by atoms with Gasteiger partial charge in [-0.1, -0.05) is 13.8 Å². The fraction of sp³-hybridized carbons (Fsp3) is 0.708. The van der Waals surface area contributed by atoms with Crippen LogP contribution in [0.25, 0.3) is 0 Å². The first-order valence-electron chi connectivity index (χ1n) is 11.6. The molecular weight excluding hydrogens is 392 g/mol. The van der Waals surface area contributed by atoms with Crippen LogP contribution in [0.2, 0.25) is 0 Å². The largest absolute Gasteiger partial charge is 0.497 e. The molecule has 0 amide bonds. The monoisotopic (exact) mass is 430 g/mol. The maximum Gasteiger partial charge on any atom is 0.191 e. The van der Waals surface area contributed by atoms with Gasteiger partial charge in [-0.05, 0) is 37.5 Å². The maximum atomic E-state index is 5.95. The van der Waals surface area contributed by atoms with E-state index in [1.807, 2.05) is 6.07 Å². The molecule has 0 radical (unpaired) electrons. The second-order valence-corrected chi connectivity index (χ2v) is 9.60. The number of ether oxygens (including phenoxy) is 3. The lowest BCUT2D eigenvalue weighted by Gasteiger charge is -2.55. The summed E-state index contributed by atoms with van der Waals surface area (Å²) >= 11 is 0. The number of nitrogens with zero attached hydrogens (tertiary/aromatic N) is 2. The van der Waals surface area contributed by atoms with Crippen molar-refractivity contribution in [2.75, 3.05) is 40.5 Å². The summed E-state index contributed by atoms with van der Waals surface area (Å²) in [6, 6.07) is 6.91. The minimum atomic E-state index is 0.143. The van der Waals surface area contributed by atoms with Crippen LogP contribution in [-0.2, 0) is 11.3 Å². The van der Waals surface area contributed by atoms with Gasteiger partial charge in [-0.25, -0.2) is 0 Å². The summed E-state index contributed by atoms with van der Waals surface area (Å²) in [6.07, 6.45) is 2.64. The first-order chi connectivity index (χ1) is 14.9. The van der Waals surface area contributed by atoms with E-state index in [-0.39, 0.29) is 5.41 Å². The van der Waals surface area contributed by atoms with Crippen molar-refractivity contribution in [1.29, 1.82) is 0 Å². The van der Waals surface area contributed by atoms with E-state index in [0.717, 1.165) is 63.1 Å². The van der Waals surface area contributed by atoms with Crippen LogP contribution < -0.4 is 20.1 Å². The normalized spacial score (nSPS) is 29.9. The Kier molecular flexibility index (Phi) is 6.63. The van der Waals surface area contributed by atoms with Crippen LogP contribution in [0.15, 0.2) is 23.2 Å². The summed E-state index contributed by atoms with van der Waals surface area (Å²) in [5, 5.41) is 7.45. The molecule has 7 heteroatoms. The zero-order chi connectivity index (χ0) is 22.0. The number of aliphatic imine (C=N–C) groups is 1. The number of hydrogen-bond acceptors (Lipinski definition) is 5. The van der Waals surface area contributed by atoms with Crippen LogP contribution in [0.4, 0.5) is 0 Å². The summed E-state index contributed by atoms with van der Waals surface area (Å²) < 4.78 is 16.8. The minimum absolute atomic E-state index is 0.143. The van der Waals surface area contributed by atoms with E-state index < -0.39 is 0 Å². The van der Waals surface area contributed by atoms with Crippen LogP contribution in [0.5, 0.6) is 11.5 Å². The lowest BCUT2D eigenvalue weighted by Crippen LogP contribution is -2.68. The lowest BCUT2D eigenvalue weighted by molar-refractivity contribution is -0.106. The Morgan fingerprint density at radius 1 is 1.16 bits per heavy atom. The second kappa shape index (κ2) is 9.25. The van der Waals surface area contributed by atoms with E-state index in [1.165, 1.54) is 5.56 Å². The van der Waals surface area contributed by atoms with Crippen LogP contribution in [0.1, 0.15) is 39.2 Å². The number of guanidine groups is 1. The van der Waals surface area contributed by atoms with Crippen LogP contribution in [0, 0.1) is 11.3 Å². The third kappa shape index (κ3) is 4.62. The van der Waals surface area contributed by atoms with Gasteiger partial charge in [0, 0.05) is 62.3 Å². The summed E-state index contributed by atoms with van der Waals surface area (Å²) in [5.41, 5.74) is 1.35. The van der Waals surface area contributed by atoms with Gasteiger partial charge in [0.25, 0.3) is 0 Å². The van der Waals surface area contributed by atoms with Gasteiger partial charge in [-0.15, -0.1) is 0 Å². The van der Waals surface area contributed by atoms with E-state index in [4.69, 9.17) is 19.2 Å². The third-order valence-electron chi connectivity index (χ3n) is 7.14. The van der Waals surface area contributed by atoms with Crippen molar-refractivity contribution in [3.63, 3.8) is 0 Å². The highest BCUT2D eigenvalue weighted by molar-refractivity contribution is 5.80. The molecular formula is C24H38N4O3. The van der Waals surface area contributed by atoms with Gasteiger partial charge < -0.3 is 24.8 Å². The summed E-state index contributed by atoms with van der Waals surface area (Å²) in [4.78, 5) is 7.22. The number of nitrogens with one attached hydrogen (secondary N) is 2. The topological polar surface area (TPSA) is 67.4 Å². The van der Waals surface area contributed by atoms with E-state index in [9.17, 15) is 0 Å². The molecule has 3 fully saturated rings. The average Bonchev–Trinajstić information content (AvgIpc) is 3.40. The van der Waals surface area contributed by atoms with Crippen LogP contribution in [-0.4, -0.2) is 69.5 Å². The smallest absolute Gasteiger partial charge is 0.191 e. The van der Waals surface area contributed by atoms with Crippen molar-refractivity contribution in [1.82, 2.24) is 15.5 Å². The van der Waals surface area contributed by atoms with Gasteiger partial charge in [0.15, 0.2) is 5.96 Å². The molecule has 2 aliphatic heterocycles. The molecule has 7 nitrogen and oxygen atoms in total. The van der Waals surface area contributed by atoms with E-state index in [0.29, 0.717) is 24.1 Å². The molecule has 31 heavy (non-hydrogen) atoms. The van der Waals surface area contributed by atoms with Crippen LogP contribution >= 0.6 is 0 Å². The van der Waals surface area contributed by atoms with Gasteiger partial charge >= 0.3 is 0 Å². The van der Waals surface area contributed by atoms with Crippen molar-refractivity contribution in [2.24, 2.45) is 16.3 Å². The predicted molar refractivity (Wildman–Crippen MR) is 123 cm³/mol. The molecule has 4 unspecified atom stereocenters. The molecule has 0 bridgehead atoms. The van der Waals surface area contributed by atoms with Gasteiger partial charge in [0.05, 0.1) is 20.3 Å². The third-order valence-corrected chi connectivity index (χ3v) is 7.14. The molecule has 0 aromatic heterocycles. The SMILES string of the molecule is CCN=C(NC1CCN(Cc2cc(OC)cc(OC)c2)C1)NC1C2CCOC2C1(C)C. The van der Waals surface area contributed by atoms with Gasteiger partial charge in [0.2, 0.25) is 0 Å². The highest BCUT2D eigenvalue weighted by Gasteiger charge is 2.59. The second-order valence-electron chi connectivity index (χ2n) is 9.60. The van der Waals surface area contributed by atoms with Crippen molar-refractivity contribution in [3.8, 4) is 11.5 Å². The summed E-state index contributed by atoms with van der Waals surface area (Å²) in [6.45, 7) is 11.3. The van der Waals surface area contributed by atoms with Crippen molar-refractivity contribution >= 4 is 5.96 Å². The Hall–Kier alpha value is -1.99.